The summed E-state index contributed by atoms with van der Waals surface area (Å²) in [5.74, 6) is 0.858. The summed E-state index contributed by atoms with van der Waals surface area (Å²) in [5.41, 5.74) is -0.137. The van der Waals surface area contributed by atoms with E-state index in [4.69, 9.17) is 0 Å². The number of anilines is 1. The van der Waals surface area contributed by atoms with Crippen molar-refractivity contribution < 1.29 is 5.11 Å². The minimum atomic E-state index is -0.482. The fourth-order valence-corrected chi connectivity index (χ4v) is 1.54. The van der Waals surface area contributed by atoms with Gasteiger partial charge in [-0.25, -0.2) is 4.98 Å². The minimum Gasteiger partial charge on any atom is -0.391 e. The molecule has 0 aliphatic heterocycles. The first-order chi connectivity index (χ1) is 8.41. The molecule has 1 atom stereocenters. The zero-order chi connectivity index (χ0) is 13.7. The van der Waals surface area contributed by atoms with Crippen LogP contribution in [0.3, 0.4) is 0 Å². The molecule has 0 fully saturated rings. The van der Waals surface area contributed by atoms with E-state index in [0.717, 1.165) is 0 Å². The standard InChI is InChI=1S/C13H23N3O2/c1-9(2)8-16-6-5-14-12(13(16)18)15-7-11(17)10(3)4/h5-6,9-11,17H,7-8H2,1-4H3,(H,14,15). The van der Waals surface area contributed by atoms with Crippen LogP contribution in [-0.4, -0.2) is 27.3 Å². The normalized spacial score (nSPS) is 13.1. The highest BCUT2D eigenvalue weighted by atomic mass is 16.3. The summed E-state index contributed by atoms with van der Waals surface area (Å²) in [6.07, 6.45) is 2.81. The molecule has 2 N–H and O–H groups in total. The molecule has 1 aromatic heterocycles. The lowest BCUT2D eigenvalue weighted by Gasteiger charge is -2.16. The first kappa shape index (κ1) is 14.7. The van der Waals surface area contributed by atoms with Gasteiger partial charge in [0, 0.05) is 25.5 Å². The second-order valence-electron chi connectivity index (χ2n) is 5.32. The van der Waals surface area contributed by atoms with Gasteiger partial charge in [-0.15, -0.1) is 0 Å². The molecule has 102 valence electrons. The molecular weight excluding hydrogens is 230 g/mol. The van der Waals surface area contributed by atoms with Crippen LogP contribution < -0.4 is 10.9 Å². The van der Waals surface area contributed by atoms with Crippen LogP contribution in [0.1, 0.15) is 27.7 Å². The minimum absolute atomic E-state index is 0.137. The Hall–Kier alpha value is -1.36. The van der Waals surface area contributed by atoms with Gasteiger partial charge in [0.2, 0.25) is 0 Å². The average Bonchev–Trinajstić information content (AvgIpc) is 2.29. The third-order valence-electron chi connectivity index (χ3n) is 2.72. The molecule has 0 spiro atoms. The van der Waals surface area contributed by atoms with Crippen LogP contribution in [-0.2, 0) is 6.54 Å². The van der Waals surface area contributed by atoms with Crippen molar-refractivity contribution in [1.29, 1.82) is 0 Å². The lowest BCUT2D eigenvalue weighted by atomic mass is 10.1. The Labute approximate surface area is 108 Å². The highest BCUT2D eigenvalue weighted by Crippen LogP contribution is 2.03. The molecule has 0 radical (unpaired) electrons. The van der Waals surface area contributed by atoms with Crippen LogP contribution in [0.4, 0.5) is 5.82 Å². The summed E-state index contributed by atoms with van der Waals surface area (Å²) in [6.45, 7) is 8.99. The van der Waals surface area contributed by atoms with Gasteiger partial charge in [-0.05, 0) is 11.8 Å². The van der Waals surface area contributed by atoms with Crippen LogP contribution in [0.5, 0.6) is 0 Å². The molecule has 1 unspecified atom stereocenters. The number of aliphatic hydroxyl groups is 1. The highest BCUT2D eigenvalue weighted by molar-refractivity contribution is 5.30. The van der Waals surface area contributed by atoms with Crippen molar-refractivity contribution in [2.75, 3.05) is 11.9 Å². The zero-order valence-corrected chi connectivity index (χ0v) is 11.6. The number of nitrogens with one attached hydrogen (secondary N) is 1. The zero-order valence-electron chi connectivity index (χ0n) is 11.6. The second kappa shape index (κ2) is 6.54. The Bertz CT molecular complexity index is 426. The molecule has 1 rings (SSSR count). The summed E-state index contributed by atoms with van der Waals surface area (Å²) in [5, 5.41) is 12.6. The summed E-state index contributed by atoms with van der Waals surface area (Å²) in [6, 6.07) is 0. The molecule has 18 heavy (non-hydrogen) atoms. The van der Waals surface area contributed by atoms with Crippen molar-refractivity contribution >= 4 is 5.82 Å². The van der Waals surface area contributed by atoms with E-state index in [1.165, 1.54) is 0 Å². The number of hydrogen-bond donors (Lipinski definition) is 2. The van der Waals surface area contributed by atoms with Crippen LogP contribution in [0.15, 0.2) is 17.2 Å². The molecule has 1 aromatic rings. The number of rotatable bonds is 6. The predicted octanol–water partition coefficient (Wildman–Crippen LogP) is 1.33. The van der Waals surface area contributed by atoms with E-state index in [-0.39, 0.29) is 11.5 Å². The SMILES string of the molecule is CC(C)Cn1ccnc(NCC(O)C(C)C)c1=O. The first-order valence-electron chi connectivity index (χ1n) is 6.39. The van der Waals surface area contributed by atoms with Gasteiger partial charge in [0.15, 0.2) is 5.82 Å². The third-order valence-corrected chi connectivity index (χ3v) is 2.72. The molecule has 5 heteroatoms. The maximum absolute atomic E-state index is 12.0. The fraction of sp³-hybridized carbons (Fsp3) is 0.692. The van der Waals surface area contributed by atoms with Gasteiger partial charge < -0.3 is 15.0 Å². The number of nitrogens with zero attached hydrogens (tertiary/aromatic N) is 2. The van der Waals surface area contributed by atoms with Gasteiger partial charge in [0.25, 0.3) is 5.56 Å². The van der Waals surface area contributed by atoms with Gasteiger partial charge in [0.05, 0.1) is 6.10 Å². The Balaban J connectivity index is 2.75. The fourth-order valence-electron chi connectivity index (χ4n) is 1.54. The molecule has 1 heterocycles. The van der Waals surface area contributed by atoms with E-state index in [9.17, 15) is 9.90 Å². The Kier molecular flexibility index (Phi) is 5.34. The van der Waals surface area contributed by atoms with Crippen LogP contribution >= 0.6 is 0 Å². The van der Waals surface area contributed by atoms with E-state index in [1.54, 1.807) is 17.0 Å². The lowest BCUT2D eigenvalue weighted by Crippen LogP contribution is -2.30. The van der Waals surface area contributed by atoms with Gasteiger partial charge in [-0.3, -0.25) is 4.79 Å². The smallest absolute Gasteiger partial charge is 0.293 e. The van der Waals surface area contributed by atoms with Gasteiger partial charge in [0.1, 0.15) is 0 Å². The maximum Gasteiger partial charge on any atom is 0.293 e. The molecule has 5 nitrogen and oxygen atoms in total. The second-order valence-corrected chi connectivity index (χ2v) is 5.32. The molecule has 0 aromatic carbocycles. The number of aromatic nitrogens is 2. The summed E-state index contributed by atoms with van der Waals surface area (Å²) >= 11 is 0. The topological polar surface area (TPSA) is 67.2 Å². The number of hydrogen-bond acceptors (Lipinski definition) is 4. The number of aliphatic hydroxyl groups excluding tert-OH is 1. The molecular formula is C13H23N3O2. The monoisotopic (exact) mass is 253 g/mol. The average molecular weight is 253 g/mol. The van der Waals surface area contributed by atoms with Crippen LogP contribution in [0.2, 0.25) is 0 Å². The molecule has 0 saturated carbocycles. The highest BCUT2D eigenvalue weighted by Gasteiger charge is 2.11. The van der Waals surface area contributed by atoms with E-state index in [0.29, 0.717) is 24.8 Å². The van der Waals surface area contributed by atoms with Gasteiger partial charge in [-0.1, -0.05) is 27.7 Å². The molecule has 0 aliphatic carbocycles. The van der Waals surface area contributed by atoms with Crippen molar-refractivity contribution in [2.24, 2.45) is 11.8 Å². The van der Waals surface area contributed by atoms with Gasteiger partial charge in [-0.2, -0.15) is 0 Å². The van der Waals surface area contributed by atoms with Crippen molar-refractivity contribution in [3.8, 4) is 0 Å². The maximum atomic E-state index is 12.0. The van der Waals surface area contributed by atoms with Gasteiger partial charge >= 0.3 is 0 Å². The largest absolute Gasteiger partial charge is 0.391 e. The quantitative estimate of drug-likeness (QED) is 0.802. The van der Waals surface area contributed by atoms with E-state index < -0.39 is 6.10 Å². The molecule has 0 saturated heterocycles. The summed E-state index contributed by atoms with van der Waals surface area (Å²) in [4.78, 5) is 16.1. The Morgan fingerprint density at radius 1 is 1.39 bits per heavy atom. The molecule has 0 bridgehead atoms. The summed E-state index contributed by atoms with van der Waals surface area (Å²) in [7, 11) is 0. The first-order valence-corrected chi connectivity index (χ1v) is 6.39. The van der Waals surface area contributed by atoms with Crippen molar-refractivity contribution in [3.63, 3.8) is 0 Å². The summed E-state index contributed by atoms with van der Waals surface area (Å²) < 4.78 is 1.64. The Morgan fingerprint density at radius 2 is 2.06 bits per heavy atom. The van der Waals surface area contributed by atoms with Crippen LogP contribution in [0.25, 0.3) is 0 Å². The van der Waals surface area contributed by atoms with Crippen molar-refractivity contribution in [2.45, 2.75) is 40.3 Å². The third kappa shape index (κ3) is 4.14. The molecule has 0 aliphatic rings. The van der Waals surface area contributed by atoms with E-state index in [1.807, 2.05) is 13.8 Å². The predicted molar refractivity (Wildman–Crippen MR) is 72.7 cm³/mol. The van der Waals surface area contributed by atoms with E-state index in [2.05, 4.69) is 24.1 Å². The van der Waals surface area contributed by atoms with Crippen molar-refractivity contribution in [1.82, 2.24) is 9.55 Å². The van der Waals surface area contributed by atoms with E-state index >= 15 is 0 Å². The lowest BCUT2D eigenvalue weighted by molar-refractivity contribution is 0.138. The Morgan fingerprint density at radius 3 is 2.61 bits per heavy atom. The van der Waals surface area contributed by atoms with Crippen LogP contribution in [0, 0.1) is 11.8 Å². The molecule has 0 amide bonds. The van der Waals surface area contributed by atoms with Crippen molar-refractivity contribution in [3.05, 3.63) is 22.7 Å².